The SMILES string of the molecule is ClCc1nnc(-c2ccns2)o1. The Bertz CT molecular complexity index is 359. The molecule has 0 N–H and O–H groups in total. The maximum absolute atomic E-state index is 5.49. The van der Waals surface area contributed by atoms with Crippen molar-refractivity contribution in [1.29, 1.82) is 0 Å². The fraction of sp³-hybridized carbons (Fsp3) is 0.167. The summed E-state index contributed by atoms with van der Waals surface area (Å²) < 4.78 is 9.11. The summed E-state index contributed by atoms with van der Waals surface area (Å²) in [5.41, 5.74) is 0. The molecular weight excluding hydrogens is 198 g/mol. The number of aromatic nitrogens is 3. The number of halogens is 1. The van der Waals surface area contributed by atoms with Crippen LogP contribution in [-0.4, -0.2) is 14.6 Å². The molecule has 2 heterocycles. The van der Waals surface area contributed by atoms with E-state index in [-0.39, 0.29) is 5.88 Å². The molecule has 4 nitrogen and oxygen atoms in total. The average Bonchev–Trinajstić information content (AvgIpc) is 2.75. The maximum Gasteiger partial charge on any atom is 0.259 e. The Morgan fingerprint density at radius 3 is 3.00 bits per heavy atom. The van der Waals surface area contributed by atoms with E-state index < -0.39 is 0 Å². The number of nitrogens with zero attached hydrogens (tertiary/aromatic N) is 3. The highest BCUT2D eigenvalue weighted by molar-refractivity contribution is 7.09. The summed E-state index contributed by atoms with van der Waals surface area (Å²) in [6.45, 7) is 0. The van der Waals surface area contributed by atoms with Gasteiger partial charge in [0.15, 0.2) is 0 Å². The molecule has 0 spiro atoms. The van der Waals surface area contributed by atoms with Gasteiger partial charge in [0, 0.05) is 6.20 Å². The predicted octanol–water partition coefficient (Wildman–Crippen LogP) is 1.93. The van der Waals surface area contributed by atoms with Crippen LogP contribution in [0.3, 0.4) is 0 Å². The fourth-order valence-electron chi connectivity index (χ4n) is 0.733. The van der Waals surface area contributed by atoms with E-state index in [1.54, 1.807) is 6.20 Å². The molecule has 62 valence electrons. The zero-order valence-electron chi connectivity index (χ0n) is 5.90. The molecule has 0 saturated heterocycles. The monoisotopic (exact) mass is 201 g/mol. The lowest BCUT2D eigenvalue weighted by atomic mass is 10.5. The van der Waals surface area contributed by atoms with Gasteiger partial charge in [0.05, 0.1) is 0 Å². The molecule has 0 radical (unpaired) electrons. The Kier molecular flexibility index (Phi) is 2.05. The number of rotatable bonds is 2. The van der Waals surface area contributed by atoms with Gasteiger partial charge in [-0.25, -0.2) is 4.37 Å². The number of alkyl halides is 1. The molecule has 0 fully saturated rings. The van der Waals surface area contributed by atoms with Crippen molar-refractivity contribution in [3.05, 3.63) is 18.2 Å². The van der Waals surface area contributed by atoms with Crippen LogP contribution >= 0.6 is 23.1 Å². The van der Waals surface area contributed by atoms with Crippen LogP contribution < -0.4 is 0 Å². The number of hydrogen-bond acceptors (Lipinski definition) is 5. The highest BCUT2D eigenvalue weighted by Crippen LogP contribution is 2.21. The van der Waals surface area contributed by atoms with E-state index in [1.807, 2.05) is 6.07 Å². The van der Waals surface area contributed by atoms with Gasteiger partial charge >= 0.3 is 0 Å². The molecule has 2 rings (SSSR count). The Balaban J connectivity index is 2.35. The molecule has 2 aromatic heterocycles. The van der Waals surface area contributed by atoms with Crippen molar-refractivity contribution >= 4 is 23.1 Å². The van der Waals surface area contributed by atoms with Crippen LogP contribution in [0.25, 0.3) is 10.8 Å². The highest BCUT2D eigenvalue weighted by atomic mass is 35.5. The van der Waals surface area contributed by atoms with Crippen LogP contribution in [0.15, 0.2) is 16.7 Å². The Labute approximate surface area is 77.4 Å². The molecule has 0 unspecified atom stereocenters. The summed E-state index contributed by atoms with van der Waals surface area (Å²) in [5.74, 6) is 1.15. The van der Waals surface area contributed by atoms with E-state index in [2.05, 4.69) is 14.6 Å². The van der Waals surface area contributed by atoms with Crippen molar-refractivity contribution in [2.24, 2.45) is 0 Å². The van der Waals surface area contributed by atoms with E-state index in [0.29, 0.717) is 11.8 Å². The molecule has 2 aromatic rings. The molecule has 6 heteroatoms. The van der Waals surface area contributed by atoms with E-state index in [0.717, 1.165) is 4.88 Å². The first-order valence-corrected chi connectivity index (χ1v) is 4.50. The molecule has 0 saturated carbocycles. The molecule has 12 heavy (non-hydrogen) atoms. The van der Waals surface area contributed by atoms with Crippen LogP contribution in [0.1, 0.15) is 5.89 Å². The van der Waals surface area contributed by atoms with Gasteiger partial charge in [-0.15, -0.1) is 21.8 Å². The summed E-state index contributed by atoms with van der Waals surface area (Å²) in [4.78, 5) is 0.860. The van der Waals surface area contributed by atoms with Crippen molar-refractivity contribution < 1.29 is 4.42 Å². The molecule has 0 bridgehead atoms. The molecule has 0 atom stereocenters. The molecular formula is C6H4ClN3OS. The van der Waals surface area contributed by atoms with E-state index >= 15 is 0 Å². The van der Waals surface area contributed by atoms with E-state index in [4.69, 9.17) is 16.0 Å². The quantitative estimate of drug-likeness (QED) is 0.697. The summed E-state index contributed by atoms with van der Waals surface area (Å²) in [6.07, 6.45) is 1.69. The summed E-state index contributed by atoms with van der Waals surface area (Å²) in [6, 6.07) is 1.82. The summed E-state index contributed by atoms with van der Waals surface area (Å²) in [7, 11) is 0. The highest BCUT2D eigenvalue weighted by Gasteiger charge is 2.08. The third kappa shape index (κ3) is 1.33. The van der Waals surface area contributed by atoms with Crippen LogP contribution in [0.2, 0.25) is 0 Å². The maximum atomic E-state index is 5.49. The second kappa shape index (κ2) is 3.20. The van der Waals surface area contributed by atoms with E-state index in [9.17, 15) is 0 Å². The van der Waals surface area contributed by atoms with Crippen LogP contribution in [0.5, 0.6) is 0 Å². The summed E-state index contributed by atoms with van der Waals surface area (Å²) >= 11 is 6.80. The number of hydrogen-bond donors (Lipinski definition) is 0. The van der Waals surface area contributed by atoms with Crippen molar-refractivity contribution in [3.8, 4) is 10.8 Å². The van der Waals surface area contributed by atoms with Gasteiger partial charge < -0.3 is 4.42 Å². The standard InChI is InChI=1S/C6H4ClN3OS/c7-3-5-9-10-6(11-5)4-1-2-8-12-4/h1-2H,3H2. The molecule has 0 aliphatic rings. The van der Waals surface area contributed by atoms with Gasteiger partial charge in [-0.1, -0.05) is 0 Å². The van der Waals surface area contributed by atoms with Crippen molar-refractivity contribution in [2.75, 3.05) is 0 Å². The largest absolute Gasteiger partial charge is 0.419 e. The zero-order chi connectivity index (χ0) is 8.39. The van der Waals surface area contributed by atoms with Crippen LogP contribution in [-0.2, 0) is 5.88 Å². The van der Waals surface area contributed by atoms with Crippen LogP contribution in [0.4, 0.5) is 0 Å². The van der Waals surface area contributed by atoms with Gasteiger partial charge in [0.1, 0.15) is 10.8 Å². The van der Waals surface area contributed by atoms with Crippen molar-refractivity contribution in [1.82, 2.24) is 14.6 Å². The van der Waals surface area contributed by atoms with E-state index in [1.165, 1.54) is 11.5 Å². The molecule has 0 aromatic carbocycles. The fourth-order valence-corrected chi connectivity index (χ4v) is 1.36. The molecule has 0 amide bonds. The van der Waals surface area contributed by atoms with Crippen molar-refractivity contribution in [2.45, 2.75) is 5.88 Å². The lowest BCUT2D eigenvalue weighted by Gasteiger charge is -1.82. The van der Waals surface area contributed by atoms with Crippen LogP contribution in [0, 0.1) is 0 Å². The van der Waals surface area contributed by atoms with Gasteiger partial charge in [0.25, 0.3) is 5.89 Å². The molecule has 0 aliphatic heterocycles. The van der Waals surface area contributed by atoms with Crippen molar-refractivity contribution in [3.63, 3.8) is 0 Å². The zero-order valence-corrected chi connectivity index (χ0v) is 7.47. The topological polar surface area (TPSA) is 51.8 Å². The first-order chi connectivity index (χ1) is 5.90. The Hall–Kier alpha value is -0.940. The first-order valence-electron chi connectivity index (χ1n) is 3.19. The first kappa shape index (κ1) is 7.70. The van der Waals surface area contributed by atoms with Gasteiger partial charge in [-0.3, -0.25) is 0 Å². The second-order valence-corrected chi connectivity index (χ2v) is 3.11. The minimum atomic E-state index is 0.242. The average molecular weight is 202 g/mol. The lowest BCUT2D eigenvalue weighted by Crippen LogP contribution is -1.73. The summed E-state index contributed by atoms with van der Waals surface area (Å²) in [5, 5.41) is 7.52. The van der Waals surface area contributed by atoms with Gasteiger partial charge in [-0.05, 0) is 17.6 Å². The molecule has 0 aliphatic carbocycles. The Morgan fingerprint density at radius 1 is 1.50 bits per heavy atom. The van der Waals surface area contributed by atoms with Gasteiger partial charge in [-0.2, -0.15) is 0 Å². The Morgan fingerprint density at radius 2 is 2.42 bits per heavy atom. The smallest absolute Gasteiger partial charge is 0.259 e. The lowest BCUT2D eigenvalue weighted by molar-refractivity contribution is 0.528. The third-order valence-corrected chi connectivity index (χ3v) is 2.19. The minimum absolute atomic E-state index is 0.242. The predicted molar refractivity (Wildman–Crippen MR) is 45.0 cm³/mol. The third-order valence-electron chi connectivity index (χ3n) is 1.23. The second-order valence-electron chi connectivity index (χ2n) is 2.01. The van der Waals surface area contributed by atoms with Gasteiger partial charge in [0.2, 0.25) is 5.89 Å². The normalized spacial score (nSPS) is 10.4. The minimum Gasteiger partial charge on any atom is -0.419 e.